The number of hydrogen-bond donors (Lipinski definition) is 2. The quantitative estimate of drug-likeness (QED) is 0.123. The number of nitro groups is 1. The van der Waals surface area contributed by atoms with E-state index in [2.05, 4.69) is 4.98 Å². The van der Waals surface area contributed by atoms with Gasteiger partial charge in [-0.15, -0.1) is 0 Å². The summed E-state index contributed by atoms with van der Waals surface area (Å²) < 4.78 is 6.88. The molecule has 0 radical (unpaired) electrons. The standard InChI is InChI=1S/C25H17N3O6S/c29-15-16(20-8-4-5-9-22(20)28(32)33)14-21-23(30)26-25(35)27(24(21)31)17-10-12-19(13-11-17)34-18-6-2-1-3-7-18/h1-15,31H,(H,26,30,35). The molecule has 4 rings (SSSR count). The van der Waals surface area contributed by atoms with E-state index >= 15 is 0 Å². The number of rotatable bonds is 7. The average molecular weight is 487 g/mol. The topological polar surface area (TPSA) is 127 Å². The second-order valence-corrected chi connectivity index (χ2v) is 7.62. The summed E-state index contributed by atoms with van der Waals surface area (Å²) in [6.07, 6.45) is 1.46. The summed E-state index contributed by atoms with van der Waals surface area (Å²) in [6, 6.07) is 21.3. The number of H-pyrrole nitrogens is 1. The zero-order valence-corrected chi connectivity index (χ0v) is 18.8. The Bertz CT molecular complexity index is 1560. The summed E-state index contributed by atoms with van der Waals surface area (Å²) in [6.45, 7) is 0. The second-order valence-electron chi connectivity index (χ2n) is 7.23. The van der Waals surface area contributed by atoms with Crippen LogP contribution in [0.1, 0.15) is 11.1 Å². The molecule has 0 aliphatic carbocycles. The van der Waals surface area contributed by atoms with Crippen LogP contribution in [0.2, 0.25) is 0 Å². The first-order chi connectivity index (χ1) is 16.9. The van der Waals surface area contributed by atoms with E-state index < -0.39 is 16.4 Å². The molecule has 0 saturated heterocycles. The van der Waals surface area contributed by atoms with E-state index in [0.717, 1.165) is 6.08 Å². The molecular weight excluding hydrogens is 470 g/mol. The molecule has 0 amide bonds. The number of hydrogen-bond acceptors (Lipinski definition) is 7. The number of aromatic nitrogens is 2. The minimum Gasteiger partial charge on any atom is -0.494 e. The van der Waals surface area contributed by atoms with Crippen molar-refractivity contribution in [3.05, 3.63) is 115 Å². The Hall–Kier alpha value is -4.83. The van der Waals surface area contributed by atoms with Crippen molar-refractivity contribution in [3.8, 4) is 23.1 Å². The molecule has 0 atom stereocenters. The van der Waals surface area contributed by atoms with Gasteiger partial charge in [0.05, 0.1) is 16.2 Å². The number of aromatic hydroxyl groups is 1. The third-order valence-corrected chi connectivity index (χ3v) is 5.32. The number of nitrogens with zero attached hydrogens (tertiary/aromatic N) is 2. The normalized spacial score (nSPS) is 11.1. The Labute approximate surface area is 203 Å². The molecule has 0 saturated carbocycles. The first-order valence-corrected chi connectivity index (χ1v) is 10.6. The summed E-state index contributed by atoms with van der Waals surface area (Å²) >= 11 is 5.23. The van der Waals surface area contributed by atoms with E-state index in [-0.39, 0.29) is 27.2 Å². The van der Waals surface area contributed by atoms with Crippen LogP contribution in [0.15, 0.2) is 83.7 Å². The van der Waals surface area contributed by atoms with Crippen LogP contribution < -0.4 is 10.3 Å². The number of benzene rings is 3. The predicted octanol–water partition coefficient (Wildman–Crippen LogP) is 5.04. The lowest BCUT2D eigenvalue weighted by Gasteiger charge is -2.13. The van der Waals surface area contributed by atoms with Crippen molar-refractivity contribution < 1.29 is 19.6 Å². The van der Waals surface area contributed by atoms with Crippen molar-refractivity contribution in [3.63, 3.8) is 0 Å². The summed E-state index contributed by atoms with van der Waals surface area (Å²) in [4.78, 5) is 37.6. The molecule has 0 unspecified atom stereocenters. The lowest BCUT2D eigenvalue weighted by atomic mass is 10.0. The fraction of sp³-hybridized carbons (Fsp3) is 0. The van der Waals surface area contributed by atoms with Crippen molar-refractivity contribution in [1.29, 1.82) is 0 Å². The van der Waals surface area contributed by atoms with Gasteiger partial charge in [-0.3, -0.25) is 29.3 Å². The number of ether oxygens (including phenoxy) is 1. The first-order valence-electron chi connectivity index (χ1n) is 10.2. The average Bonchev–Trinajstić information content (AvgIpc) is 2.85. The van der Waals surface area contributed by atoms with Gasteiger partial charge < -0.3 is 9.84 Å². The second kappa shape index (κ2) is 9.98. The highest BCUT2D eigenvalue weighted by molar-refractivity contribution is 7.71. The molecule has 9 nitrogen and oxygen atoms in total. The molecule has 0 aliphatic heterocycles. The number of allylic oxidation sites excluding steroid dienone is 1. The molecule has 2 N–H and O–H groups in total. The number of nitro benzene ring substituents is 1. The van der Waals surface area contributed by atoms with Gasteiger partial charge in [0.2, 0.25) is 5.88 Å². The fourth-order valence-corrected chi connectivity index (χ4v) is 3.69. The van der Waals surface area contributed by atoms with Crippen LogP contribution in [-0.4, -0.2) is 25.9 Å². The molecule has 4 aromatic rings. The van der Waals surface area contributed by atoms with Gasteiger partial charge in [0.15, 0.2) is 11.1 Å². The number of carbonyl (C=O) groups excluding carboxylic acids is 1. The maximum absolute atomic E-state index is 12.6. The van der Waals surface area contributed by atoms with E-state index in [9.17, 15) is 24.8 Å². The van der Waals surface area contributed by atoms with Crippen LogP contribution in [0.3, 0.4) is 0 Å². The third kappa shape index (κ3) is 4.92. The smallest absolute Gasteiger partial charge is 0.277 e. The lowest BCUT2D eigenvalue weighted by molar-refractivity contribution is -0.385. The van der Waals surface area contributed by atoms with Crippen molar-refractivity contribution in [1.82, 2.24) is 9.55 Å². The van der Waals surface area contributed by atoms with Crippen molar-refractivity contribution >= 4 is 35.8 Å². The van der Waals surface area contributed by atoms with Gasteiger partial charge >= 0.3 is 0 Å². The monoisotopic (exact) mass is 487 g/mol. The highest BCUT2D eigenvalue weighted by Gasteiger charge is 2.19. The van der Waals surface area contributed by atoms with Gasteiger partial charge in [-0.25, -0.2) is 0 Å². The summed E-state index contributed by atoms with van der Waals surface area (Å²) in [5.41, 5.74) is -1.11. The Morgan fingerprint density at radius 3 is 2.29 bits per heavy atom. The molecule has 35 heavy (non-hydrogen) atoms. The minimum absolute atomic E-state index is 0.00251. The van der Waals surface area contributed by atoms with Crippen LogP contribution in [-0.2, 0) is 4.79 Å². The predicted molar refractivity (Wildman–Crippen MR) is 132 cm³/mol. The van der Waals surface area contributed by atoms with Crippen molar-refractivity contribution in [2.75, 3.05) is 0 Å². The molecule has 3 aromatic carbocycles. The highest BCUT2D eigenvalue weighted by Crippen LogP contribution is 2.29. The van der Waals surface area contributed by atoms with Crippen LogP contribution in [0.4, 0.5) is 5.69 Å². The van der Waals surface area contributed by atoms with Crippen LogP contribution in [0, 0.1) is 14.9 Å². The molecule has 0 aliphatic rings. The molecule has 0 fully saturated rings. The zero-order valence-electron chi connectivity index (χ0n) is 18.0. The Morgan fingerprint density at radius 2 is 1.63 bits per heavy atom. The van der Waals surface area contributed by atoms with E-state index in [1.54, 1.807) is 36.4 Å². The summed E-state index contributed by atoms with van der Waals surface area (Å²) in [5, 5.41) is 22.3. The summed E-state index contributed by atoms with van der Waals surface area (Å²) in [7, 11) is 0. The molecule has 1 heterocycles. The third-order valence-electron chi connectivity index (χ3n) is 5.03. The Kier molecular flexibility index (Phi) is 6.65. The molecule has 174 valence electrons. The first kappa shape index (κ1) is 23.3. The number of aldehydes is 1. The van der Waals surface area contributed by atoms with Gasteiger partial charge in [0, 0.05) is 11.6 Å². The maximum atomic E-state index is 12.6. The van der Waals surface area contributed by atoms with Gasteiger partial charge in [-0.2, -0.15) is 0 Å². The lowest BCUT2D eigenvalue weighted by Crippen LogP contribution is -2.16. The van der Waals surface area contributed by atoms with Gasteiger partial charge in [-0.05, 0) is 60.8 Å². The molecule has 10 heteroatoms. The number of para-hydroxylation sites is 2. The Morgan fingerprint density at radius 1 is 1.00 bits per heavy atom. The SMILES string of the molecule is O=CC(=Cc1c(O)n(-c2ccc(Oc3ccccc3)cc2)c(=S)[nH]c1=O)c1ccccc1[N+](=O)[O-]. The maximum Gasteiger partial charge on any atom is 0.277 e. The van der Waals surface area contributed by atoms with E-state index in [1.807, 2.05) is 18.2 Å². The van der Waals surface area contributed by atoms with Crippen LogP contribution >= 0.6 is 12.2 Å². The van der Waals surface area contributed by atoms with Gasteiger partial charge in [0.25, 0.3) is 11.2 Å². The molecule has 0 bridgehead atoms. The van der Waals surface area contributed by atoms with E-state index in [0.29, 0.717) is 23.5 Å². The molecular formula is C25H17N3O6S. The van der Waals surface area contributed by atoms with E-state index in [4.69, 9.17) is 17.0 Å². The fourth-order valence-electron chi connectivity index (χ4n) is 3.40. The van der Waals surface area contributed by atoms with Gasteiger partial charge in [0.1, 0.15) is 17.1 Å². The minimum atomic E-state index is -0.759. The number of aromatic amines is 1. The molecule has 0 spiro atoms. The van der Waals surface area contributed by atoms with Gasteiger partial charge in [-0.1, -0.05) is 30.3 Å². The highest BCUT2D eigenvalue weighted by atomic mass is 32.1. The Balaban J connectivity index is 1.78. The van der Waals surface area contributed by atoms with Crippen molar-refractivity contribution in [2.45, 2.75) is 0 Å². The molecule has 1 aromatic heterocycles. The summed E-state index contributed by atoms with van der Waals surface area (Å²) in [5.74, 6) is 0.649. The van der Waals surface area contributed by atoms with Crippen LogP contribution in [0.5, 0.6) is 17.4 Å². The number of carbonyl (C=O) groups is 1. The largest absolute Gasteiger partial charge is 0.494 e. The number of nitrogens with one attached hydrogen (secondary N) is 1. The van der Waals surface area contributed by atoms with E-state index in [1.165, 1.54) is 28.8 Å². The zero-order chi connectivity index (χ0) is 24.9. The van der Waals surface area contributed by atoms with Crippen LogP contribution in [0.25, 0.3) is 17.3 Å². The van der Waals surface area contributed by atoms with Crippen molar-refractivity contribution in [2.24, 2.45) is 0 Å².